The van der Waals surface area contributed by atoms with Gasteiger partial charge in [0.1, 0.15) is 0 Å². The molecule has 6 heteroatoms. The van der Waals surface area contributed by atoms with Crippen molar-refractivity contribution in [3.63, 3.8) is 0 Å². The van der Waals surface area contributed by atoms with Crippen molar-refractivity contribution in [2.24, 2.45) is 0 Å². The Morgan fingerprint density at radius 2 is 1.60 bits per heavy atom. The normalized spacial score (nSPS) is 10.0. The number of Topliss-reactive ketones (excluding diaryl/α,β-unsaturated/α-hetero) is 1. The van der Waals surface area contributed by atoms with Gasteiger partial charge in [-0.1, -0.05) is 12.1 Å². The second-order valence-electron chi connectivity index (χ2n) is 5.06. The van der Waals surface area contributed by atoms with Crippen molar-refractivity contribution in [3.05, 3.63) is 48.0 Å². The van der Waals surface area contributed by atoms with E-state index >= 15 is 0 Å². The molecule has 0 radical (unpaired) electrons. The van der Waals surface area contributed by atoms with Crippen molar-refractivity contribution in [3.8, 4) is 23.0 Å². The number of rotatable bonds is 8. The predicted molar refractivity (Wildman–Crippen MR) is 91.7 cm³/mol. The molecule has 0 N–H and O–H groups in total. The molecule has 0 aliphatic carbocycles. The van der Waals surface area contributed by atoms with E-state index in [1.54, 1.807) is 24.3 Å². The lowest BCUT2D eigenvalue weighted by Crippen LogP contribution is -2.18. The maximum atomic E-state index is 12.0. The molecule has 2 aromatic rings. The van der Waals surface area contributed by atoms with Gasteiger partial charge in [-0.05, 0) is 44.2 Å². The summed E-state index contributed by atoms with van der Waals surface area (Å²) in [5.41, 5.74) is 0.471. The SMILES string of the molecule is CCOc1ccccc1OCC(=O)Oc1ccc(C(C)=O)cc1OC. The van der Waals surface area contributed by atoms with Crippen LogP contribution in [0.15, 0.2) is 42.5 Å². The molecule has 25 heavy (non-hydrogen) atoms. The van der Waals surface area contributed by atoms with Crippen molar-refractivity contribution >= 4 is 11.8 Å². The van der Waals surface area contributed by atoms with Gasteiger partial charge in [0.2, 0.25) is 0 Å². The molecule has 0 aromatic heterocycles. The van der Waals surface area contributed by atoms with Crippen LogP contribution in [-0.2, 0) is 4.79 Å². The van der Waals surface area contributed by atoms with Crippen LogP contribution >= 0.6 is 0 Å². The third-order valence-corrected chi connectivity index (χ3v) is 3.29. The van der Waals surface area contributed by atoms with E-state index in [4.69, 9.17) is 18.9 Å². The van der Waals surface area contributed by atoms with Gasteiger partial charge in [0.25, 0.3) is 0 Å². The first-order chi connectivity index (χ1) is 12.0. The van der Waals surface area contributed by atoms with E-state index in [1.165, 1.54) is 26.2 Å². The fraction of sp³-hybridized carbons (Fsp3) is 0.263. The molecule has 0 fully saturated rings. The lowest BCUT2D eigenvalue weighted by Gasteiger charge is -2.12. The Morgan fingerprint density at radius 3 is 2.20 bits per heavy atom. The van der Waals surface area contributed by atoms with Crippen molar-refractivity contribution < 1.29 is 28.5 Å². The summed E-state index contributed by atoms with van der Waals surface area (Å²) in [6, 6.07) is 11.7. The molecule has 132 valence electrons. The number of methoxy groups -OCH3 is 1. The van der Waals surface area contributed by atoms with Gasteiger partial charge < -0.3 is 18.9 Å². The lowest BCUT2D eigenvalue weighted by atomic mass is 10.1. The molecule has 0 amide bonds. The Bertz CT molecular complexity index is 753. The molecule has 0 unspecified atom stereocenters. The predicted octanol–water partition coefficient (Wildman–Crippen LogP) is 3.28. The number of benzene rings is 2. The number of para-hydroxylation sites is 2. The summed E-state index contributed by atoms with van der Waals surface area (Å²) in [4.78, 5) is 23.4. The van der Waals surface area contributed by atoms with Gasteiger partial charge in [-0.25, -0.2) is 4.79 Å². The van der Waals surface area contributed by atoms with E-state index in [9.17, 15) is 9.59 Å². The number of ether oxygens (including phenoxy) is 4. The van der Waals surface area contributed by atoms with Crippen LogP contribution in [0.25, 0.3) is 0 Å². The standard InChI is InChI=1S/C19H20O6/c1-4-23-15-7-5-6-8-16(15)24-12-19(21)25-17-10-9-14(13(2)20)11-18(17)22-3/h5-11H,4,12H2,1-3H3. The third-order valence-electron chi connectivity index (χ3n) is 3.29. The highest BCUT2D eigenvalue weighted by Gasteiger charge is 2.14. The molecule has 0 aliphatic rings. The number of ketones is 1. The molecule has 6 nitrogen and oxygen atoms in total. The van der Waals surface area contributed by atoms with E-state index in [0.717, 1.165) is 0 Å². The van der Waals surface area contributed by atoms with Gasteiger partial charge in [-0.15, -0.1) is 0 Å². The van der Waals surface area contributed by atoms with Crippen molar-refractivity contribution in [1.29, 1.82) is 0 Å². The molecule has 0 saturated heterocycles. The fourth-order valence-electron chi connectivity index (χ4n) is 2.10. The number of carbonyl (C=O) groups excluding carboxylic acids is 2. The first-order valence-corrected chi connectivity index (χ1v) is 7.79. The second-order valence-corrected chi connectivity index (χ2v) is 5.06. The van der Waals surface area contributed by atoms with Crippen LogP contribution in [0, 0.1) is 0 Å². The summed E-state index contributed by atoms with van der Waals surface area (Å²) < 4.78 is 21.3. The Labute approximate surface area is 146 Å². The molecule has 0 bridgehead atoms. The highest BCUT2D eigenvalue weighted by molar-refractivity contribution is 5.94. The molecule has 2 rings (SSSR count). The van der Waals surface area contributed by atoms with Crippen LogP contribution < -0.4 is 18.9 Å². The summed E-state index contributed by atoms with van der Waals surface area (Å²) in [6.07, 6.45) is 0. The highest BCUT2D eigenvalue weighted by Crippen LogP contribution is 2.29. The smallest absolute Gasteiger partial charge is 0.349 e. The van der Waals surface area contributed by atoms with E-state index in [2.05, 4.69) is 0 Å². The van der Waals surface area contributed by atoms with E-state index in [1.807, 2.05) is 13.0 Å². The molecular weight excluding hydrogens is 324 g/mol. The zero-order valence-electron chi connectivity index (χ0n) is 14.4. The monoisotopic (exact) mass is 344 g/mol. The maximum Gasteiger partial charge on any atom is 0.349 e. The van der Waals surface area contributed by atoms with Gasteiger partial charge in [-0.3, -0.25) is 4.79 Å². The van der Waals surface area contributed by atoms with Gasteiger partial charge in [0, 0.05) is 5.56 Å². The number of hydrogen-bond acceptors (Lipinski definition) is 6. The Balaban J connectivity index is 2.02. The minimum Gasteiger partial charge on any atom is -0.493 e. The van der Waals surface area contributed by atoms with Gasteiger partial charge >= 0.3 is 5.97 Å². The zero-order valence-corrected chi connectivity index (χ0v) is 14.4. The first kappa shape index (κ1) is 18.3. The van der Waals surface area contributed by atoms with E-state index < -0.39 is 5.97 Å². The molecule has 0 atom stereocenters. The molecule has 2 aromatic carbocycles. The van der Waals surface area contributed by atoms with E-state index in [-0.39, 0.29) is 18.1 Å². The molecule has 0 saturated carbocycles. The lowest BCUT2D eigenvalue weighted by molar-refractivity contribution is -0.136. The summed E-state index contributed by atoms with van der Waals surface area (Å²) >= 11 is 0. The van der Waals surface area contributed by atoms with Crippen molar-refractivity contribution in [1.82, 2.24) is 0 Å². The zero-order chi connectivity index (χ0) is 18.2. The van der Waals surface area contributed by atoms with Crippen LogP contribution in [0.4, 0.5) is 0 Å². The third kappa shape index (κ3) is 4.97. The molecule has 0 aliphatic heterocycles. The van der Waals surface area contributed by atoms with Crippen LogP contribution in [-0.4, -0.2) is 32.1 Å². The number of esters is 1. The fourth-order valence-corrected chi connectivity index (χ4v) is 2.10. The van der Waals surface area contributed by atoms with Gasteiger partial charge in [0.15, 0.2) is 35.4 Å². The topological polar surface area (TPSA) is 71.1 Å². The molecule has 0 heterocycles. The van der Waals surface area contributed by atoms with Crippen LogP contribution in [0.3, 0.4) is 0 Å². The minimum atomic E-state index is -0.597. The van der Waals surface area contributed by atoms with Gasteiger partial charge in [0.05, 0.1) is 13.7 Å². The number of carbonyl (C=O) groups is 2. The summed E-state index contributed by atoms with van der Waals surface area (Å²) in [5.74, 6) is 0.837. The summed E-state index contributed by atoms with van der Waals surface area (Å²) in [7, 11) is 1.44. The van der Waals surface area contributed by atoms with E-state index in [0.29, 0.717) is 29.4 Å². The van der Waals surface area contributed by atoms with Crippen molar-refractivity contribution in [2.75, 3.05) is 20.3 Å². The first-order valence-electron chi connectivity index (χ1n) is 7.79. The Hall–Kier alpha value is -3.02. The summed E-state index contributed by atoms with van der Waals surface area (Å²) in [5, 5.41) is 0. The van der Waals surface area contributed by atoms with Crippen LogP contribution in [0.5, 0.6) is 23.0 Å². The summed E-state index contributed by atoms with van der Waals surface area (Å²) in [6.45, 7) is 3.51. The Morgan fingerprint density at radius 1 is 0.920 bits per heavy atom. The largest absolute Gasteiger partial charge is 0.493 e. The highest BCUT2D eigenvalue weighted by atomic mass is 16.6. The average molecular weight is 344 g/mol. The average Bonchev–Trinajstić information content (AvgIpc) is 2.61. The maximum absolute atomic E-state index is 12.0. The molecular formula is C19H20O6. The van der Waals surface area contributed by atoms with Crippen molar-refractivity contribution in [2.45, 2.75) is 13.8 Å². The minimum absolute atomic E-state index is 0.105. The molecule has 0 spiro atoms. The quantitative estimate of drug-likeness (QED) is 0.416. The Kier molecular flexibility index (Phi) is 6.39. The number of hydrogen-bond donors (Lipinski definition) is 0. The second kappa shape index (κ2) is 8.73. The van der Waals surface area contributed by atoms with Crippen LogP contribution in [0.1, 0.15) is 24.2 Å². The van der Waals surface area contributed by atoms with Gasteiger partial charge in [-0.2, -0.15) is 0 Å². The van der Waals surface area contributed by atoms with Crippen LogP contribution in [0.2, 0.25) is 0 Å².